The van der Waals surface area contributed by atoms with Gasteiger partial charge in [-0.15, -0.1) is 11.3 Å². The maximum atomic E-state index is 2.47. The van der Waals surface area contributed by atoms with Gasteiger partial charge in [-0.05, 0) is 70.8 Å². The van der Waals surface area contributed by atoms with Crippen LogP contribution >= 0.6 is 11.3 Å². The zero-order valence-corrected chi connectivity index (χ0v) is 35.4. The number of benzene rings is 10. The quantitative estimate of drug-likeness (QED) is 0.136. The van der Waals surface area contributed by atoms with Crippen molar-refractivity contribution in [1.29, 1.82) is 0 Å². The molecule has 0 fully saturated rings. The fourth-order valence-corrected chi connectivity index (χ4v) is 10.2. The van der Waals surface area contributed by atoms with E-state index in [1.807, 2.05) is 11.3 Å². The molecular weight excluding hydrogens is 781 g/mol. The molecule has 0 spiro atoms. The third-order valence-electron chi connectivity index (χ3n) is 11.9. The molecule has 0 saturated heterocycles. The average molecular weight is 823 g/mol. The Balaban J connectivity index is 1.14. The molecule has 1 aromatic heterocycles. The highest BCUT2D eigenvalue weighted by Crippen LogP contribution is 2.50. The van der Waals surface area contributed by atoms with Gasteiger partial charge in [0.2, 0.25) is 0 Å². The summed E-state index contributed by atoms with van der Waals surface area (Å²) in [5, 5.41) is 2.55. The Morgan fingerprint density at radius 3 is 1.14 bits per heavy atom. The third-order valence-corrected chi connectivity index (χ3v) is 13.1. The first-order valence-corrected chi connectivity index (χ1v) is 22.3. The van der Waals surface area contributed by atoms with Crippen molar-refractivity contribution < 1.29 is 0 Å². The smallest absolute Gasteiger partial charge is 0.0640 e. The van der Waals surface area contributed by atoms with Gasteiger partial charge in [0.25, 0.3) is 0 Å². The molecule has 3 heteroatoms. The van der Waals surface area contributed by atoms with Crippen LogP contribution in [0.25, 0.3) is 64.7 Å². The monoisotopic (exact) mass is 822 g/mol. The summed E-state index contributed by atoms with van der Waals surface area (Å²) in [6.45, 7) is 0. The second kappa shape index (κ2) is 16.8. The lowest BCUT2D eigenvalue weighted by atomic mass is 9.96. The van der Waals surface area contributed by atoms with Crippen LogP contribution in [0.15, 0.2) is 255 Å². The Bertz CT molecular complexity index is 3270. The highest BCUT2D eigenvalue weighted by atomic mass is 32.1. The fraction of sp³-hybridized carbons (Fsp3) is 0. The molecule has 0 N–H and O–H groups in total. The first kappa shape index (κ1) is 38.0. The topological polar surface area (TPSA) is 6.48 Å². The summed E-state index contributed by atoms with van der Waals surface area (Å²) < 4.78 is 2.54. The second-order valence-corrected chi connectivity index (χ2v) is 16.7. The van der Waals surface area contributed by atoms with Crippen molar-refractivity contribution in [3.05, 3.63) is 255 Å². The predicted molar refractivity (Wildman–Crippen MR) is 270 cm³/mol. The first-order chi connectivity index (χ1) is 31.3. The zero-order valence-electron chi connectivity index (χ0n) is 34.6. The van der Waals surface area contributed by atoms with Crippen LogP contribution < -0.4 is 9.80 Å². The minimum absolute atomic E-state index is 1.08. The molecule has 0 unspecified atom stereocenters. The van der Waals surface area contributed by atoms with Crippen molar-refractivity contribution in [2.45, 2.75) is 0 Å². The van der Waals surface area contributed by atoms with Crippen LogP contribution in [0.5, 0.6) is 0 Å². The van der Waals surface area contributed by atoms with E-state index in [0.717, 1.165) is 67.5 Å². The lowest BCUT2D eigenvalue weighted by molar-refractivity contribution is 1.28. The largest absolute Gasteiger partial charge is 0.309 e. The van der Waals surface area contributed by atoms with E-state index in [4.69, 9.17) is 0 Å². The molecular formula is C60H42N2S. The summed E-state index contributed by atoms with van der Waals surface area (Å²) in [4.78, 5) is 4.94. The van der Waals surface area contributed by atoms with E-state index in [9.17, 15) is 0 Å². The molecule has 0 saturated carbocycles. The van der Waals surface area contributed by atoms with Crippen molar-refractivity contribution in [2.75, 3.05) is 9.80 Å². The Morgan fingerprint density at radius 1 is 0.254 bits per heavy atom. The van der Waals surface area contributed by atoms with E-state index in [1.165, 1.54) is 31.3 Å². The van der Waals surface area contributed by atoms with Crippen LogP contribution in [-0.2, 0) is 0 Å². The summed E-state index contributed by atoms with van der Waals surface area (Å²) in [6.07, 6.45) is 0. The van der Waals surface area contributed by atoms with Gasteiger partial charge in [-0.2, -0.15) is 0 Å². The fourth-order valence-electron chi connectivity index (χ4n) is 9.02. The van der Waals surface area contributed by atoms with Gasteiger partial charge in [-0.25, -0.2) is 0 Å². The number of hydrogen-bond donors (Lipinski definition) is 0. The number of anilines is 6. The number of rotatable bonds is 10. The van der Waals surface area contributed by atoms with Crippen LogP contribution in [-0.4, -0.2) is 0 Å². The lowest BCUT2D eigenvalue weighted by Gasteiger charge is -2.32. The van der Waals surface area contributed by atoms with Crippen molar-refractivity contribution in [2.24, 2.45) is 0 Å². The van der Waals surface area contributed by atoms with Crippen LogP contribution in [0.3, 0.4) is 0 Å². The SMILES string of the molecule is c1ccc(-c2ccccc2N(c2ccccc2-c2ccccc2)c2ccccc2-c2cccc(N(c3ccccc3-c3ccccc3)c3cccc4c3sc3ccccc34)c2)cc1. The van der Waals surface area contributed by atoms with Gasteiger partial charge in [0.05, 0.1) is 33.1 Å². The van der Waals surface area contributed by atoms with Gasteiger partial charge in [0, 0.05) is 43.4 Å². The average Bonchev–Trinajstić information content (AvgIpc) is 3.75. The van der Waals surface area contributed by atoms with Gasteiger partial charge in [0.1, 0.15) is 0 Å². The molecule has 298 valence electrons. The molecule has 0 aliphatic carbocycles. The van der Waals surface area contributed by atoms with Crippen molar-refractivity contribution in [3.8, 4) is 44.5 Å². The first-order valence-electron chi connectivity index (χ1n) is 21.4. The Kier molecular flexibility index (Phi) is 10.1. The van der Waals surface area contributed by atoms with E-state index in [0.29, 0.717) is 0 Å². The summed E-state index contributed by atoms with van der Waals surface area (Å²) in [7, 11) is 0. The normalized spacial score (nSPS) is 11.2. The van der Waals surface area contributed by atoms with Crippen molar-refractivity contribution in [3.63, 3.8) is 0 Å². The molecule has 63 heavy (non-hydrogen) atoms. The summed E-state index contributed by atoms with van der Waals surface area (Å²) >= 11 is 1.86. The van der Waals surface area contributed by atoms with E-state index in [1.54, 1.807) is 0 Å². The number of fused-ring (bicyclic) bond motifs is 3. The van der Waals surface area contributed by atoms with Crippen LogP contribution in [0.2, 0.25) is 0 Å². The number of para-hydroxylation sites is 4. The summed E-state index contributed by atoms with van der Waals surface area (Å²) in [6, 6.07) is 92.1. The third kappa shape index (κ3) is 7.15. The second-order valence-electron chi connectivity index (χ2n) is 15.6. The highest BCUT2D eigenvalue weighted by Gasteiger charge is 2.25. The zero-order chi connectivity index (χ0) is 42.0. The van der Waals surface area contributed by atoms with Crippen LogP contribution in [0.1, 0.15) is 0 Å². The van der Waals surface area contributed by atoms with E-state index in [2.05, 4.69) is 265 Å². The number of hydrogen-bond acceptors (Lipinski definition) is 3. The van der Waals surface area contributed by atoms with Crippen LogP contribution in [0, 0.1) is 0 Å². The van der Waals surface area contributed by atoms with Gasteiger partial charge in [-0.1, -0.05) is 206 Å². The molecule has 2 nitrogen and oxygen atoms in total. The molecule has 1 heterocycles. The molecule has 11 rings (SSSR count). The molecule has 0 bridgehead atoms. The Morgan fingerprint density at radius 2 is 0.619 bits per heavy atom. The van der Waals surface area contributed by atoms with Gasteiger partial charge in [-0.3, -0.25) is 0 Å². The molecule has 0 aliphatic rings. The molecule has 0 amide bonds. The molecule has 10 aromatic carbocycles. The molecule has 0 radical (unpaired) electrons. The highest BCUT2D eigenvalue weighted by molar-refractivity contribution is 7.26. The molecule has 0 atom stereocenters. The van der Waals surface area contributed by atoms with E-state index in [-0.39, 0.29) is 0 Å². The summed E-state index contributed by atoms with van der Waals surface area (Å²) in [5.74, 6) is 0. The standard InChI is InChI=1S/C60H42N2S/c1-4-22-43(23-5-1)48-30-10-15-36-54(48)61(58-40-21-35-53-52-34-14-19-41-59(52)63-60(53)58)47-29-20-28-46(42-47)51-33-13-18-39-57(51)62(55-37-16-11-31-49(55)44-24-6-2-7-25-44)56-38-17-12-32-50(56)45-26-8-3-9-27-45/h1-42H. The minimum Gasteiger partial charge on any atom is -0.309 e. The van der Waals surface area contributed by atoms with Gasteiger partial charge >= 0.3 is 0 Å². The van der Waals surface area contributed by atoms with Gasteiger partial charge < -0.3 is 9.80 Å². The van der Waals surface area contributed by atoms with Crippen molar-refractivity contribution in [1.82, 2.24) is 0 Å². The number of thiophene rings is 1. The van der Waals surface area contributed by atoms with E-state index < -0.39 is 0 Å². The van der Waals surface area contributed by atoms with Crippen molar-refractivity contribution >= 4 is 65.6 Å². The lowest BCUT2D eigenvalue weighted by Crippen LogP contribution is -2.14. The minimum atomic E-state index is 1.08. The molecule has 0 aliphatic heterocycles. The number of nitrogens with zero attached hydrogens (tertiary/aromatic N) is 2. The van der Waals surface area contributed by atoms with Gasteiger partial charge in [0.15, 0.2) is 0 Å². The maximum Gasteiger partial charge on any atom is 0.0640 e. The Labute approximate surface area is 372 Å². The molecule has 11 aromatic rings. The maximum absolute atomic E-state index is 2.47. The summed E-state index contributed by atoms with van der Waals surface area (Å²) in [5.41, 5.74) is 15.9. The predicted octanol–water partition coefficient (Wildman–Crippen LogP) is 17.7. The van der Waals surface area contributed by atoms with Crippen LogP contribution in [0.4, 0.5) is 34.1 Å². The van der Waals surface area contributed by atoms with E-state index >= 15 is 0 Å². The Hall–Kier alpha value is -7.98.